The molecule has 2 unspecified atom stereocenters. The monoisotopic (exact) mass is 702 g/mol. The van der Waals surface area contributed by atoms with Crippen molar-refractivity contribution >= 4 is 0 Å². The Balaban J connectivity index is 1.84. The van der Waals surface area contributed by atoms with E-state index in [0.717, 1.165) is 0 Å². The van der Waals surface area contributed by atoms with Crippen molar-refractivity contribution in [3.63, 3.8) is 0 Å². The van der Waals surface area contributed by atoms with E-state index in [4.69, 9.17) is 60.2 Å². The minimum Gasteiger partial charge on any atom is -0.377 e. The van der Waals surface area contributed by atoms with Gasteiger partial charge in [0.05, 0.1) is 105 Å². The van der Waals surface area contributed by atoms with Crippen LogP contribution in [0.15, 0.2) is 60.7 Å². The number of benzene rings is 2. The molecule has 0 heterocycles. The quantitative estimate of drug-likeness (QED) is 0.0643. The van der Waals surface area contributed by atoms with Crippen LogP contribution in [-0.4, -0.2) is 128 Å². The van der Waals surface area contributed by atoms with Crippen LogP contribution in [0.5, 0.6) is 0 Å². The van der Waals surface area contributed by atoms with E-state index in [1.807, 2.05) is 36.4 Å². The summed E-state index contributed by atoms with van der Waals surface area (Å²) in [4.78, 5) is 0. The van der Waals surface area contributed by atoms with Crippen LogP contribution in [0.25, 0.3) is 0 Å². The zero-order chi connectivity index (χ0) is 35.7. The van der Waals surface area contributed by atoms with Gasteiger partial charge in [0, 0.05) is 11.1 Å². The molecule has 0 aromatic heterocycles. The highest BCUT2D eigenvalue weighted by Gasteiger charge is 2.19. The number of aliphatic hydroxyl groups is 2. The summed E-state index contributed by atoms with van der Waals surface area (Å²) in [7, 11) is 0. The predicted octanol–water partition coefficient (Wildman–Crippen LogP) is 3.32. The zero-order valence-electron chi connectivity index (χ0n) is 28.9. The highest BCUT2D eigenvalue weighted by atomic mass is 16.6. The maximum absolute atomic E-state index is 10.6. The van der Waals surface area contributed by atoms with Gasteiger partial charge in [-0.2, -0.15) is 0 Å². The van der Waals surface area contributed by atoms with Gasteiger partial charge in [0.2, 0.25) is 0 Å². The van der Waals surface area contributed by atoms with Gasteiger partial charge in [-0.15, -0.1) is 12.8 Å². The average Bonchev–Trinajstić information content (AvgIpc) is 3.15. The first-order valence-corrected chi connectivity index (χ1v) is 16.9. The second kappa shape index (κ2) is 30.9. The van der Waals surface area contributed by atoms with Crippen LogP contribution in [0, 0.1) is 24.7 Å². The van der Waals surface area contributed by atoms with Gasteiger partial charge in [-0.1, -0.05) is 72.5 Å². The second-order valence-electron chi connectivity index (χ2n) is 10.7. The molecule has 50 heavy (non-hydrogen) atoms. The Morgan fingerprint density at radius 3 is 1.10 bits per heavy atom. The summed E-state index contributed by atoms with van der Waals surface area (Å²) < 4.78 is 56.3. The van der Waals surface area contributed by atoms with Gasteiger partial charge in [0.15, 0.2) is 12.6 Å². The molecule has 0 aliphatic heterocycles. The minimum atomic E-state index is -1.10. The molecule has 12 heteroatoms. The fraction of sp³-hybridized carbons (Fsp3) is 0.579. The van der Waals surface area contributed by atoms with E-state index in [9.17, 15) is 10.2 Å². The van der Waals surface area contributed by atoms with Gasteiger partial charge in [0.25, 0.3) is 0 Å². The lowest BCUT2D eigenvalue weighted by atomic mass is 10.1. The molecule has 0 radical (unpaired) electrons. The van der Waals surface area contributed by atoms with Crippen molar-refractivity contribution < 1.29 is 57.6 Å². The summed E-state index contributed by atoms with van der Waals surface area (Å²) in [6.45, 7) is 5.46. The maximum Gasteiger partial charge on any atom is 0.181 e. The summed E-state index contributed by atoms with van der Waals surface area (Å²) in [5.74, 6) is 4.81. The van der Waals surface area contributed by atoms with Crippen LogP contribution in [0.3, 0.4) is 0 Å². The topological polar surface area (TPSA) is 133 Å². The van der Waals surface area contributed by atoms with Gasteiger partial charge >= 0.3 is 0 Å². The fourth-order valence-corrected chi connectivity index (χ4v) is 4.32. The molecule has 2 N–H and O–H groups in total. The van der Waals surface area contributed by atoms with Crippen LogP contribution >= 0.6 is 0 Å². The van der Waals surface area contributed by atoms with Crippen molar-refractivity contribution in [2.24, 2.45) is 0 Å². The molecule has 2 rings (SSSR count). The van der Waals surface area contributed by atoms with Gasteiger partial charge in [-0.05, 0) is 12.8 Å². The second-order valence-corrected chi connectivity index (χ2v) is 10.7. The van der Waals surface area contributed by atoms with E-state index in [1.54, 1.807) is 24.3 Å². The van der Waals surface area contributed by atoms with Crippen molar-refractivity contribution in [3.8, 4) is 24.7 Å². The van der Waals surface area contributed by atoms with Crippen LogP contribution in [0.2, 0.25) is 0 Å². The SMILES string of the molecule is C#CCOCCOCCOCCO[C@H](CC[C@H](COC(O)c1ccccc1)OCCOCCOCCOCC#C)COC(O)c1ccccc1. The van der Waals surface area contributed by atoms with E-state index in [0.29, 0.717) is 103 Å². The maximum atomic E-state index is 10.6. The Morgan fingerprint density at radius 1 is 0.440 bits per heavy atom. The van der Waals surface area contributed by atoms with Gasteiger partial charge in [-0.3, -0.25) is 0 Å². The average molecular weight is 703 g/mol. The lowest BCUT2D eigenvalue weighted by molar-refractivity contribution is -0.149. The molecule has 4 atom stereocenters. The predicted molar refractivity (Wildman–Crippen MR) is 186 cm³/mol. The van der Waals surface area contributed by atoms with E-state index in [-0.39, 0.29) is 38.6 Å². The number of terminal acetylenes is 2. The molecule has 0 amide bonds. The molecule has 0 aliphatic carbocycles. The van der Waals surface area contributed by atoms with Gasteiger partial charge < -0.3 is 57.6 Å². The van der Waals surface area contributed by atoms with E-state index in [2.05, 4.69) is 11.8 Å². The third kappa shape index (κ3) is 22.7. The van der Waals surface area contributed by atoms with Crippen LogP contribution in [0.1, 0.15) is 36.5 Å². The fourth-order valence-electron chi connectivity index (χ4n) is 4.32. The Morgan fingerprint density at radius 2 is 0.760 bits per heavy atom. The Labute approximate surface area is 297 Å². The highest BCUT2D eigenvalue weighted by Crippen LogP contribution is 2.19. The number of hydrogen-bond donors (Lipinski definition) is 2. The van der Waals surface area contributed by atoms with Crippen LogP contribution in [-0.2, 0) is 47.4 Å². The molecule has 2 aromatic carbocycles. The third-order valence-electron chi connectivity index (χ3n) is 6.88. The number of hydrogen-bond acceptors (Lipinski definition) is 12. The normalized spacial score (nSPS) is 13.7. The Hall–Kier alpha value is -2.92. The summed E-state index contributed by atoms with van der Waals surface area (Å²) in [6.07, 6.45) is 8.36. The number of aliphatic hydroxyl groups excluding tert-OH is 2. The van der Waals surface area contributed by atoms with Crippen molar-refractivity contribution in [3.05, 3.63) is 71.8 Å². The summed E-state index contributed by atoms with van der Waals surface area (Å²) in [5, 5.41) is 21.2. The zero-order valence-corrected chi connectivity index (χ0v) is 28.9. The van der Waals surface area contributed by atoms with Crippen molar-refractivity contribution in [2.45, 2.75) is 37.6 Å². The van der Waals surface area contributed by atoms with Crippen LogP contribution in [0.4, 0.5) is 0 Å². The molecule has 12 nitrogen and oxygen atoms in total. The van der Waals surface area contributed by atoms with Gasteiger partial charge in [-0.25, -0.2) is 0 Å². The van der Waals surface area contributed by atoms with Crippen molar-refractivity contribution in [1.29, 1.82) is 0 Å². The largest absolute Gasteiger partial charge is 0.377 e. The molecular weight excluding hydrogens is 648 g/mol. The highest BCUT2D eigenvalue weighted by molar-refractivity contribution is 5.16. The van der Waals surface area contributed by atoms with Crippen molar-refractivity contribution in [1.82, 2.24) is 0 Å². The van der Waals surface area contributed by atoms with Crippen LogP contribution < -0.4 is 0 Å². The smallest absolute Gasteiger partial charge is 0.181 e. The molecule has 0 fully saturated rings. The molecular formula is C38H54O12. The molecule has 2 aromatic rings. The summed E-state index contributed by atoms with van der Waals surface area (Å²) >= 11 is 0. The van der Waals surface area contributed by atoms with Gasteiger partial charge in [0.1, 0.15) is 13.2 Å². The molecule has 278 valence electrons. The van der Waals surface area contributed by atoms with E-state index < -0.39 is 12.6 Å². The molecule has 0 saturated carbocycles. The Kier molecular flexibility index (Phi) is 26.7. The molecule has 0 spiro atoms. The van der Waals surface area contributed by atoms with Crippen molar-refractivity contribution in [2.75, 3.05) is 106 Å². The molecule has 0 aliphatic rings. The third-order valence-corrected chi connectivity index (χ3v) is 6.88. The molecule has 0 saturated heterocycles. The first-order chi connectivity index (χ1) is 24.6. The first kappa shape index (κ1) is 43.2. The lowest BCUT2D eigenvalue weighted by Gasteiger charge is -2.24. The first-order valence-electron chi connectivity index (χ1n) is 16.9. The number of rotatable bonds is 33. The van der Waals surface area contributed by atoms with E-state index >= 15 is 0 Å². The Bertz CT molecular complexity index is 1030. The lowest BCUT2D eigenvalue weighted by Crippen LogP contribution is -2.29. The van der Waals surface area contributed by atoms with E-state index in [1.165, 1.54) is 0 Å². The molecule has 0 bridgehead atoms. The summed E-state index contributed by atoms with van der Waals surface area (Å²) in [6, 6.07) is 18.3. The minimum absolute atomic E-state index is 0.133. The summed E-state index contributed by atoms with van der Waals surface area (Å²) in [5.41, 5.74) is 1.29. The standard InChI is InChI=1S/C38H54O12/c1-3-17-41-19-21-43-23-25-45-27-29-47-35(31-49-37(39)33-11-7-5-8-12-33)15-16-36(32-50-38(40)34-13-9-6-10-14-34)48-30-28-46-26-24-44-22-20-42-18-4-2/h1-2,5-14,35-40H,15-32H2/t35-,36-,37?,38?/m1/s1. The number of ether oxygens (including phenoxy) is 10.